The molecule has 0 spiro atoms. The number of nitrogens with zero attached hydrogens (tertiary/aromatic N) is 3. The fraction of sp³-hybridized carbons (Fsp3) is 0. The summed E-state index contributed by atoms with van der Waals surface area (Å²) in [5.74, 6) is 0. The molecule has 0 aliphatic rings. The van der Waals surface area contributed by atoms with Crippen LogP contribution in [0.1, 0.15) is 0 Å². The van der Waals surface area contributed by atoms with Crippen LogP contribution in [-0.4, -0.2) is 14.1 Å². The molecule has 5 heteroatoms. The first kappa shape index (κ1) is 25.6. The smallest absolute Gasteiger partial charge is 0.307 e. The van der Waals surface area contributed by atoms with Gasteiger partial charge in [-0.15, -0.1) is 0 Å². The number of oxazole rings is 1. The van der Waals surface area contributed by atoms with Crippen LogP contribution >= 0.6 is 0 Å². The van der Waals surface area contributed by atoms with E-state index in [1.807, 2.05) is 30.3 Å². The molecular formula is C43H25N3O2. The van der Waals surface area contributed by atoms with Crippen molar-refractivity contribution in [3.05, 3.63) is 152 Å². The summed E-state index contributed by atoms with van der Waals surface area (Å²) in [6.07, 6.45) is 0. The average molecular weight is 616 g/mol. The first-order valence-electron chi connectivity index (χ1n) is 16.1. The first-order chi connectivity index (χ1) is 23.8. The van der Waals surface area contributed by atoms with Crippen molar-refractivity contribution < 1.29 is 8.83 Å². The Labute approximate surface area is 273 Å². The van der Waals surface area contributed by atoms with Gasteiger partial charge in [0.1, 0.15) is 16.7 Å². The summed E-state index contributed by atoms with van der Waals surface area (Å²) in [6.45, 7) is 0. The number of aromatic nitrogens is 3. The summed E-state index contributed by atoms with van der Waals surface area (Å²) in [6, 6.07) is 53.8. The first-order valence-corrected chi connectivity index (χ1v) is 16.1. The highest BCUT2D eigenvalue weighted by atomic mass is 16.4. The number of fused-ring (bicyclic) bond motifs is 11. The minimum Gasteiger partial charge on any atom is -0.456 e. The van der Waals surface area contributed by atoms with Gasteiger partial charge in [0.15, 0.2) is 5.58 Å². The van der Waals surface area contributed by atoms with E-state index in [-0.39, 0.29) is 0 Å². The van der Waals surface area contributed by atoms with Crippen LogP contribution in [0.4, 0.5) is 0 Å². The van der Waals surface area contributed by atoms with Gasteiger partial charge in [-0.25, -0.2) is 0 Å². The summed E-state index contributed by atoms with van der Waals surface area (Å²) in [7, 11) is 0. The van der Waals surface area contributed by atoms with Crippen LogP contribution in [0.2, 0.25) is 0 Å². The number of furan rings is 1. The Hall–Kier alpha value is -6.59. The maximum atomic E-state index is 6.51. The van der Waals surface area contributed by atoms with Gasteiger partial charge >= 0.3 is 6.01 Å². The molecule has 0 atom stereocenters. The maximum Gasteiger partial charge on any atom is 0.307 e. The van der Waals surface area contributed by atoms with Gasteiger partial charge in [-0.2, -0.15) is 4.98 Å². The van der Waals surface area contributed by atoms with E-state index in [4.69, 9.17) is 13.8 Å². The Bertz CT molecular complexity index is 3070. The van der Waals surface area contributed by atoms with E-state index in [0.717, 1.165) is 66.1 Å². The van der Waals surface area contributed by atoms with Gasteiger partial charge in [0.05, 0.1) is 27.5 Å². The van der Waals surface area contributed by atoms with E-state index in [2.05, 4.69) is 130 Å². The normalized spacial score (nSPS) is 12.2. The highest BCUT2D eigenvalue weighted by molar-refractivity contribution is 6.17. The number of rotatable bonds is 3. The lowest BCUT2D eigenvalue weighted by molar-refractivity contribution is 0.574. The number of benzene rings is 7. The number of hydrogen-bond acceptors (Lipinski definition) is 3. The molecule has 0 aliphatic carbocycles. The molecule has 11 rings (SSSR count). The molecule has 0 N–H and O–H groups in total. The van der Waals surface area contributed by atoms with Crippen LogP contribution < -0.4 is 0 Å². The van der Waals surface area contributed by atoms with Gasteiger partial charge in [-0.3, -0.25) is 4.57 Å². The maximum absolute atomic E-state index is 6.51. The molecule has 0 saturated carbocycles. The molecule has 11 aromatic rings. The van der Waals surface area contributed by atoms with Gasteiger partial charge in [-0.1, -0.05) is 84.9 Å². The van der Waals surface area contributed by atoms with E-state index >= 15 is 0 Å². The van der Waals surface area contributed by atoms with Gasteiger partial charge in [0.25, 0.3) is 0 Å². The standard InChI is InChI=1S/C43H25N3O2/c1-2-10-28(11-3-1)45-34-15-7-4-12-29(34)32-24-26(18-20-36(32)45)27-19-21-37-33(25-27)30-13-5-8-16-35(30)46(37)43-44-42-40(48-43)23-22-39-41(42)31-14-6-9-17-38(31)47-39/h1-25H. The van der Waals surface area contributed by atoms with E-state index in [1.165, 1.54) is 27.4 Å². The molecule has 0 amide bonds. The Morgan fingerprint density at radius 3 is 1.69 bits per heavy atom. The number of para-hydroxylation sites is 4. The van der Waals surface area contributed by atoms with E-state index < -0.39 is 0 Å². The lowest BCUT2D eigenvalue weighted by Gasteiger charge is -2.08. The van der Waals surface area contributed by atoms with Crippen LogP contribution in [0.3, 0.4) is 0 Å². The van der Waals surface area contributed by atoms with Gasteiger partial charge < -0.3 is 13.4 Å². The summed E-state index contributed by atoms with van der Waals surface area (Å²) < 4.78 is 17.1. The highest BCUT2D eigenvalue weighted by Crippen LogP contribution is 2.40. The van der Waals surface area contributed by atoms with Crippen molar-refractivity contribution in [1.29, 1.82) is 0 Å². The molecular weight excluding hydrogens is 590 g/mol. The monoisotopic (exact) mass is 615 g/mol. The molecule has 4 heterocycles. The van der Waals surface area contributed by atoms with Crippen molar-refractivity contribution >= 4 is 76.6 Å². The predicted molar refractivity (Wildman–Crippen MR) is 195 cm³/mol. The summed E-state index contributed by atoms with van der Waals surface area (Å²) in [4.78, 5) is 5.11. The average Bonchev–Trinajstić information content (AvgIpc) is 3.90. The molecule has 0 aliphatic heterocycles. The third kappa shape index (κ3) is 3.47. The summed E-state index contributed by atoms with van der Waals surface area (Å²) in [5.41, 5.74) is 11.2. The van der Waals surface area contributed by atoms with Gasteiger partial charge in [0.2, 0.25) is 0 Å². The Morgan fingerprint density at radius 2 is 0.958 bits per heavy atom. The minimum atomic E-state index is 0.539. The minimum absolute atomic E-state index is 0.539. The molecule has 0 radical (unpaired) electrons. The molecule has 224 valence electrons. The van der Waals surface area contributed by atoms with E-state index in [1.54, 1.807) is 0 Å². The highest BCUT2D eigenvalue weighted by Gasteiger charge is 2.20. The molecule has 7 aromatic carbocycles. The lowest BCUT2D eigenvalue weighted by atomic mass is 10.0. The molecule has 0 fully saturated rings. The third-order valence-electron chi connectivity index (χ3n) is 9.77. The van der Waals surface area contributed by atoms with Crippen molar-refractivity contribution in [3.8, 4) is 22.8 Å². The van der Waals surface area contributed by atoms with Crippen LogP contribution in [0, 0.1) is 0 Å². The third-order valence-corrected chi connectivity index (χ3v) is 9.77. The zero-order chi connectivity index (χ0) is 31.3. The van der Waals surface area contributed by atoms with Crippen molar-refractivity contribution in [2.75, 3.05) is 0 Å². The molecule has 0 bridgehead atoms. The zero-order valence-electron chi connectivity index (χ0n) is 25.6. The summed E-state index contributed by atoms with van der Waals surface area (Å²) in [5, 5.41) is 6.79. The predicted octanol–water partition coefficient (Wildman–Crippen LogP) is 11.6. The van der Waals surface area contributed by atoms with Gasteiger partial charge in [0, 0.05) is 32.6 Å². The molecule has 0 unspecified atom stereocenters. The van der Waals surface area contributed by atoms with Crippen molar-refractivity contribution in [1.82, 2.24) is 14.1 Å². The second-order valence-electron chi connectivity index (χ2n) is 12.4. The van der Waals surface area contributed by atoms with E-state index in [9.17, 15) is 0 Å². The molecule has 5 nitrogen and oxygen atoms in total. The summed E-state index contributed by atoms with van der Waals surface area (Å²) >= 11 is 0. The fourth-order valence-corrected chi connectivity index (χ4v) is 7.65. The van der Waals surface area contributed by atoms with Crippen LogP contribution in [0.5, 0.6) is 0 Å². The fourth-order valence-electron chi connectivity index (χ4n) is 7.65. The Morgan fingerprint density at radius 1 is 0.396 bits per heavy atom. The Balaban J connectivity index is 1.11. The topological polar surface area (TPSA) is 49.0 Å². The van der Waals surface area contributed by atoms with Crippen LogP contribution in [0.15, 0.2) is 160 Å². The van der Waals surface area contributed by atoms with Gasteiger partial charge in [-0.05, 0) is 77.9 Å². The second-order valence-corrected chi connectivity index (χ2v) is 12.4. The van der Waals surface area contributed by atoms with Crippen molar-refractivity contribution in [3.63, 3.8) is 0 Å². The van der Waals surface area contributed by atoms with Crippen LogP contribution in [0.25, 0.3) is 99.5 Å². The molecule has 0 saturated heterocycles. The van der Waals surface area contributed by atoms with E-state index in [0.29, 0.717) is 6.01 Å². The quantitative estimate of drug-likeness (QED) is 0.199. The lowest BCUT2D eigenvalue weighted by Crippen LogP contribution is -1.93. The van der Waals surface area contributed by atoms with Crippen LogP contribution in [-0.2, 0) is 0 Å². The van der Waals surface area contributed by atoms with Crippen molar-refractivity contribution in [2.24, 2.45) is 0 Å². The second kappa shape index (κ2) is 9.47. The van der Waals surface area contributed by atoms with Crippen molar-refractivity contribution in [2.45, 2.75) is 0 Å². The molecule has 48 heavy (non-hydrogen) atoms. The number of hydrogen-bond donors (Lipinski definition) is 0. The zero-order valence-corrected chi connectivity index (χ0v) is 25.6. The molecule has 4 aromatic heterocycles. The Kier molecular flexibility index (Phi) is 5.05. The SMILES string of the molecule is c1ccc(-n2c3ccccc3c3cc(-c4ccc5c(c4)c4ccccc4n5-c4nc5c(ccc6oc7ccccc7c65)o4)ccc32)cc1. The largest absolute Gasteiger partial charge is 0.456 e.